The van der Waals surface area contributed by atoms with E-state index in [1.165, 1.54) is 6.92 Å². The molecule has 0 unspecified atom stereocenters. The number of nitrogens with one attached hydrogen (secondary N) is 1. The van der Waals surface area contributed by atoms with E-state index in [4.69, 9.17) is 0 Å². The summed E-state index contributed by atoms with van der Waals surface area (Å²) in [5.74, 6) is 0.983. The van der Waals surface area contributed by atoms with Gasteiger partial charge in [0.15, 0.2) is 5.78 Å². The van der Waals surface area contributed by atoms with Gasteiger partial charge in [0.05, 0.1) is 5.69 Å². The van der Waals surface area contributed by atoms with Crippen LogP contribution in [0.3, 0.4) is 0 Å². The third kappa shape index (κ3) is 4.93. The second-order valence-corrected chi connectivity index (χ2v) is 6.15. The average Bonchev–Trinajstić information content (AvgIpc) is 2.59. The second-order valence-electron chi connectivity index (χ2n) is 5.17. The fraction of sp³-hybridized carbons (Fsp3) is 0.278. The van der Waals surface area contributed by atoms with Crippen molar-refractivity contribution in [1.82, 2.24) is 10.3 Å². The number of pyridine rings is 1. The van der Waals surface area contributed by atoms with Crippen molar-refractivity contribution in [2.24, 2.45) is 0 Å². The number of rotatable bonds is 7. The summed E-state index contributed by atoms with van der Waals surface area (Å²) < 4.78 is 0. The second kappa shape index (κ2) is 8.48. The van der Waals surface area contributed by atoms with E-state index in [0.717, 1.165) is 23.4 Å². The number of ketones is 1. The molecule has 0 spiro atoms. The first-order valence-electron chi connectivity index (χ1n) is 7.46. The Balaban J connectivity index is 2.01. The molecule has 0 aliphatic heterocycles. The van der Waals surface area contributed by atoms with Crippen LogP contribution in [0.2, 0.25) is 0 Å². The van der Waals surface area contributed by atoms with Crippen LogP contribution in [0.25, 0.3) is 11.3 Å². The number of thioether (sulfide) groups is 1. The van der Waals surface area contributed by atoms with Gasteiger partial charge in [-0.1, -0.05) is 12.1 Å². The van der Waals surface area contributed by atoms with E-state index in [2.05, 4.69) is 16.6 Å². The lowest BCUT2D eigenvalue weighted by Crippen LogP contribution is -2.24. The van der Waals surface area contributed by atoms with Gasteiger partial charge < -0.3 is 5.32 Å². The summed E-state index contributed by atoms with van der Waals surface area (Å²) in [4.78, 5) is 27.5. The van der Waals surface area contributed by atoms with Crippen molar-refractivity contribution in [2.45, 2.75) is 13.3 Å². The number of carbonyl (C=O) groups excluding carboxylic acids is 2. The van der Waals surface area contributed by atoms with Crippen molar-refractivity contribution in [3.05, 3.63) is 53.7 Å². The number of amides is 1. The number of benzene rings is 1. The van der Waals surface area contributed by atoms with E-state index in [9.17, 15) is 9.59 Å². The van der Waals surface area contributed by atoms with Crippen molar-refractivity contribution in [3.8, 4) is 11.3 Å². The van der Waals surface area contributed by atoms with Gasteiger partial charge in [-0.05, 0) is 49.6 Å². The quantitative estimate of drug-likeness (QED) is 0.625. The molecule has 1 aromatic heterocycles. The molecule has 23 heavy (non-hydrogen) atoms. The molecule has 1 amide bonds. The predicted octanol–water partition coefficient (Wildman–Crippen LogP) is 3.43. The number of aromatic nitrogens is 1. The Kier molecular flexibility index (Phi) is 6.35. The Morgan fingerprint density at radius 3 is 2.35 bits per heavy atom. The van der Waals surface area contributed by atoms with Crippen LogP contribution in [0.5, 0.6) is 0 Å². The molecule has 0 saturated carbocycles. The van der Waals surface area contributed by atoms with Gasteiger partial charge in [-0.25, -0.2) is 0 Å². The van der Waals surface area contributed by atoms with Crippen LogP contribution in [0.4, 0.5) is 0 Å². The maximum Gasteiger partial charge on any atom is 0.251 e. The van der Waals surface area contributed by atoms with E-state index < -0.39 is 0 Å². The highest BCUT2D eigenvalue weighted by molar-refractivity contribution is 7.98. The number of hydrogen-bond acceptors (Lipinski definition) is 4. The summed E-state index contributed by atoms with van der Waals surface area (Å²) in [5.41, 5.74) is 2.93. The highest BCUT2D eigenvalue weighted by atomic mass is 32.2. The summed E-state index contributed by atoms with van der Waals surface area (Å²) >= 11 is 1.77. The predicted molar refractivity (Wildman–Crippen MR) is 95.0 cm³/mol. The van der Waals surface area contributed by atoms with E-state index in [1.807, 2.05) is 18.2 Å². The van der Waals surface area contributed by atoms with Gasteiger partial charge in [0.1, 0.15) is 0 Å². The summed E-state index contributed by atoms with van der Waals surface area (Å²) in [6, 6.07) is 10.9. The molecular formula is C18H20N2O2S. The van der Waals surface area contributed by atoms with Crippen molar-refractivity contribution in [3.63, 3.8) is 0 Å². The molecule has 5 heteroatoms. The van der Waals surface area contributed by atoms with Crippen LogP contribution in [0.15, 0.2) is 42.6 Å². The molecule has 2 rings (SSSR count). The summed E-state index contributed by atoms with van der Waals surface area (Å²) in [7, 11) is 0. The fourth-order valence-corrected chi connectivity index (χ4v) is 2.52. The molecule has 0 aliphatic rings. The number of carbonyl (C=O) groups is 2. The molecule has 2 aromatic rings. The summed E-state index contributed by atoms with van der Waals surface area (Å²) in [6.45, 7) is 2.21. The molecule has 0 radical (unpaired) electrons. The normalized spacial score (nSPS) is 10.3. The van der Waals surface area contributed by atoms with Crippen LogP contribution in [-0.2, 0) is 0 Å². The van der Waals surface area contributed by atoms with Crippen molar-refractivity contribution in [2.75, 3.05) is 18.6 Å². The zero-order valence-electron chi connectivity index (χ0n) is 13.3. The summed E-state index contributed by atoms with van der Waals surface area (Å²) in [6.07, 6.45) is 4.60. The SMILES string of the molecule is CSCCCNC(=O)c1ccc(-c2ccc(C(C)=O)cn2)cc1. The molecule has 1 aromatic carbocycles. The Hall–Kier alpha value is -2.14. The highest BCUT2D eigenvalue weighted by Gasteiger charge is 2.06. The monoisotopic (exact) mass is 328 g/mol. The van der Waals surface area contributed by atoms with E-state index in [0.29, 0.717) is 17.7 Å². The number of Topliss-reactive ketones (excluding diaryl/α,β-unsaturated/α-hetero) is 1. The molecule has 0 atom stereocenters. The largest absolute Gasteiger partial charge is 0.352 e. The maximum atomic E-state index is 12.0. The van der Waals surface area contributed by atoms with Gasteiger partial charge in [0.25, 0.3) is 5.91 Å². The van der Waals surface area contributed by atoms with Gasteiger partial charge in [-0.15, -0.1) is 0 Å². The third-order valence-corrected chi connectivity index (χ3v) is 4.12. The maximum absolute atomic E-state index is 12.0. The molecule has 120 valence electrons. The molecule has 0 bridgehead atoms. The number of nitrogens with zero attached hydrogens (tertiary/aromatic N) is 1. The Morgan fingerprint density at radius 1 is 1.09 bits per heavy atom. The minimum Gasteiger partial charge on any atom is -0.352 e. The molecule has 4 nitrogen and oxygen atoms in total. The first-order valence-corrected chi connectivity index (χ1v) is 8.86. The molecular weight excluding hydrogens is 308 g/mol. The van der Waals surface area contributed by atoms with E-state index >= 15 is 0 Å². The van der Waals surface area contributed by atoms with Gasteiger partial charge in [0.2, 0.25) is 0 Å². The average molecular weight is 328 g/mol. The van der Waals surface area contributed by atoms with Crippen molar-refractivity contribution in [1.29, 1.82) is 0 Å². The lowest BCUT2D eigenvalue weighted by molar-refractivity contribution is 0.0952. The molecule has 0 aliphatic carbocycles. The van der Waals surface area contributed by atoms with Gasteiger partial charge in [0, 0.05) is 29.4 Å². The Morgan fingerprint density at radius 2 is 1.78 bits per heavy atom. The molecule has 1 N–H and O–H groups in total. The van der Waals surface area contributed by atoms with Gasteiger partial charge in [-0.2, -0.15) is 11.8 Å². The first kappa shape index (κ1) is 17.2. The Bertz CT molecular complexity index is 666. The van der Waals surface area contributed by atoms with Crippen LogP contribution in [0, 0.1) is 0 Å². The Labute approximate surface area is 140 Å². The molecule has 0 fully saturated rings. The fourth-order valence-electron chi connectivity index (χ4n) is 2.09. The van der Waals surface area contributed by atoms with Crippen molar-refractivity contribution >= 4 is 23.5 Å². The lowest BCUT2D eigenvalue weighted by Gasteiger charge is -2.06. The topological polar surface area (TPSA) is 59.1 Å². The smallest absolute Gasteiger partial charge is 0.251 e. The van der Waals surface area contributed by atoms with Gasteiger partial charge in [-0.3, -0.25) is 14.6 Å². The minimum atomic E-state index is -0.0578. The van der Waals surface area contributed by atoms with Crippen LogP contribution < -0.4 is 5.32 Å². The first-order chi connectivity index (χ1) is 11.1. The molecule has 0 saturated heterocycles. The highest BCUT2D eigenvalue weighted by Crippen LogP contribution is 2.18. The third-order valence-electron chi connectivity index (χ3n) is 3.42. The lowest BCUT2D eigenvalue weighted by atomic mass is 10.1. The van der Waals surface area contributed by atoms with Crippen molar-refractivity contribution < 1.29 is 9.59 Å². The van der Waals surface area contributed by atoms with Crippen LogP contribution in [-0.4, -0.2) is 35.2 Å². The standard InChI is InChI=1S/C18H20N2O2S/c1-13(21)16-8-9-17(20-12-16)14-4-6-15(7-5-14)18(22)19-10-3-11-23-2/h4-9,12H,3,10-11H2,1-2H3,(H,19,22). The van der Waals surface area contributed by atoms with E-state index in [1.54, 1.807) is 36.2 Å². The molecule has 1 heterocycles. The van der Waals surface area contributed by atoms with Crippen LogP contribution in [0.1, 0.15) is 34.1 Å². The summed E-state index contributed by atoms with van der Waals surface area (Å²) in [5, 5.41) is 2.91. The minimum absolute atomic E-state index is 0.00228. The zero-order chi connectivity index (χ0) is 16.7. The number of hydrogen-bond donors (Lipinski definition) is 1. The van der Waals surface area contributed by atoms with E-state index in [-0.39, 0.29) is 11.7 Å². The van der Waals surface area contributed by atoms with Crippen LogP contribution >= 0.6 is 11.8 Å². The van der Waals surface area contributed by atoms with Gasteiger partial charge >= 0.3 is 0 Å². The zero-order valence-corrected chi connectivity index (χ0v) is 14.2.